The molecule has 0 amide bonds. The van der Waals surface area contributed by atoms with Crippen molar-refractivity contribution < 1.29 is 9.85 Å². The van der Waals surface area contributed by atoms with Gasteiger partial charge in [-0.2, -0.15) is 0 Å². The Morgan fingerprint density at radius 3 is 1.47 bits per heavy atom. The Balaban J connectivity index is 1.84. The molecule has 1 heterocycles. The van der Waals surface area contributed by atoms with Crippen molar-refractivity contribution in [3.05, 3.63) is 105 Å². The lowest BCUT2D eigenvalue weighted by atomic mass is 10.1. The van der Waals surface area contributed by atoms with Crippen LogP contribution in [0.3, 0.4) is 0 Å². The van der Waals surface area contributed by atoms with Crippen LogP contribution in [-0.4, -0.2) is 19.8 Å². The second-order valence-corrected chi connectivity index (χ2v) is 6.44. The van der Waals surface area contributed by atoms with Crippen molar-refractivity contribution in [3.63, 3.8) is 0 Å². The molecular formula is C22H14N4O4. The van der Waals surface area contributed by atoms with Gasteiger partial charge >= 0.3 is 0 Å². The highest BCUT2D eigenvalue weighted by molar-refractivity contribution is 5.72. The number of aromatic nitrogens is 2. The lowest BCUT2D eigenvalue weighted by molar-refractivity contribution is -0.385. The molecule has 0 unspecified atom stereocenters. The maximum Gasteiger partial charge on any atom is 0.269 e. The number of benzene rings is 3. The lowest BCUT2D eigenvalue weighted by Crippen LogP contribution is -1.96. The Morgan fingerprint density at radius 1 is 0.567 bits per heavy atom. The zero-order valence-corrected chi connectivity index (χ0v) is 15.5. The minimum absolute atomic E-state index is 0.00770. The van der Waals surface area contributed by atoms with Crippen LogP contribution in [0.4, 0.5) is 11.4 Å². The molecule has 4 rings (SSSR count). The fraction of sp³-hybridized carbons (Fsp3) is 0. The highest BCUT2D eigenvalue weighted by Crippen LogP contribution is 2.29. The van der Waals surface area contributed by atoms with E-state index in [1.54, 1.807) is 24.3 Å². The average Bonchev–Trinajstić information content (AvgIpc) is 2.79. The summed E-state index contributed by atoms with van der Waals surface area (Å²) < 4.78 is 0. The molecule has 0 N–H and O–H groups in total. The molecule has 8 nitrogen and oxygen atoms in total. The Morgan fingerprint density at radius 2 is 1.00 bits per heavy atom. The number of rotatable bonds is 5. The van der Waals surface area contributed by atoms with E-state index in [0.29, 0.717) is 28.3 Å². The first-order valence-electron chi connectivity index (χ1n) is 8.95. The molecule has 146 valence electrons. The first-order chi connectivity index (χ1) is 14.5. The summed E-state index contributed by atoms with van der Waals surface area (Å²) >= 11 is 0. The first kappa shape index (κ1) is 18.9. The number of hydrogen-bond donors (Lipinski definition) is 0. The number of non-ortho nitro benzene ring substituents is 2. The van der Waals surface area contributed by atoms with Gasteiger partial charge in [-0.3, -0.25) is 20.2 Å². The van der Waals surface area contributed by atoms with Crippen molar-refractivity contribution in [2.45, 2.75) is 0 Å². The van der Waals surface area contributed by atoms with Crippen LogP contribution >= 0.6 is 0 Å². The summed E-state index contributed by atoms with van der Waals surface area (Å²) in [6.45, 7) is 0. The van der Waals surface area contributed by atoms with E-state index in [4.69, 9.17) is 0 Å². The summed E-state index contributed by atoms with van der Waals surface area (Å²) in [5, 5.41) is 21.9. The van der Waals surface area contributed by atoms with E-state index < -0.39 is 9.85 Å². The highest BCUT2D eigenvalue weighted by Gasteiger charge is 2.13. The van der Waals surface area contributed by atoms with Crippen LogP contribution in [0.5, 0.6) is 0 Å². The number of hydrogen-bond acceptors (Lipinski definition) is 6. The van der Waals surface area contributed by atoms with Gasteiger partial charge in [-0.15, -0.1) is 0 Å². The maximum atomic E-state index is 10.9. The fourth-order valence-electron chi connectivity index (χ4n) is 2.97. The first-order valence-corrected chi connectivity index (χ1v) is 8.95. The van der Waals surface area contributed by atoms with Crippen molar-refractivity contribution >= 4 is 11.4 Å². The third-order valence-electron chi connectivity index (χ3n) is 4.51. The lowest BCUT2D eigenvalue weighted by Gasteiger charge is -2.09. The van der Waals surface area contributed by atoms with E-state index in [1.165, 1.54) is 24.3 Å². The molecule has 0 aliphatic rings. The van der Waals surface area contributed by atoms with Crippen molar-refractivity contribution in [3.8, 4) is 33.9 Å². The Labute approximate surface area is 170 Å². The van der Waals surface area contributed by atoms with E-state index in [1.807, 2.05) is 36.4 Å². The third kappa shape index (κ3) is 3.88. The predicted molar refractivity (Wildman–Crippen MR) is 112 cm³/mol. The second kappa shape index (κ2) is 7.88. The van der Waals surface area contributed by atoms with Crippen molar-refractivity contribution in [1.82, 2.24) is 9.97 Å². The smallest absolute Gasteiger partial charge is 0.258 e. The molecular weight excluding hydrogens is 384 g/mol. The van der Waals surface area contributed by atoms with Gasteiger partial charge in [-0.1, -0.05) is 30.3 Å². The molecule has 0 atom stereocenters. The van der Waals surface area contributed by atoms with Gasteiger partial charge in [0.1, 0.15) is 0 Å². The molecule has 0 saturated carbocycles. The molecule has 3 aromatic carbocycles. The standard InChI is InChI=1S/C22H14N4O4/c27-25(28)18-10-6-16(7-11-18)21-14-20(15-4-2-1-3-5-15)23-22(24-21)17-8-12-19(13-9-17)26(29)30/h1-14H. The summed E-state index contributed by atoms with van der Waals surface area (Å²) in [6.07, 6.45) is 0. The van der Waals surface area contributed by atoms with Gasteiger partial charge in [0.25, 0.3) is 11.4 Å². The zero-order valence-electron chi connectivity index (χ0n) is 15.5. The van der Waals surface area contributed by atoms with E-state index >= 15 is 0 Å². The Bertz CT molecular complexity index is 1150. The minimum atomic E-state index is -0.465. The molecule has 30 heavy (non-hydrogen) atoms. The summed E-state index contributed by atoms with van der Waals surface area (Å²) in [5.41, 5.74) is 3.44. The van der Waals surface area contributed by atoms with Gasteiger partial charge in [0.2, 0.25) is 0 Å². The van der Waals surface area contributed by atoms with E-state index in [9.17, 15) is 20.2 Å². The summed E-state index contributed by atoms with van der Waals surface area (Å²) in [7, 11) is 0. The average molecular weight is 398 g/mol. The number of nitro groups is 2. The zero-order chi connectivity index (χ0) is 21.1. The second-order valence-electron chi connectivity index (χ2n) is 6.44. The third-order valence-corrected chi connectivity index (χ3v) is 4.51. The fourth-order valence-corrected chi connectivity index (χ4v) is 2.97. The van der Waals surface area contributed by atoms with Crippen LogP contribution in [0.15, 0.2) is 84.9 Å². The molecule has 0 aliphatic heterocycles. The van der Waals surface area contributed by atoms with Gasteiger partial charge in [-0.25, -0.2) is 9.97 Å². The highest BCUT2D eigenvalue weighted by atomic mass is 16.6. The molecule has 0 bridgehead atoms. The van der Waals surface area contributed by atoms with Crippen LogP contribution in [0.25, 0.3) is 33.9 Å². The van der Waals surface area contributed by atoms with Gasteiger partial charge in [0.15, 0.2) is 5.82 Å². The van der Waals surface area contributed by atoms with Gasteiger partial charge < -0.3 is 0 Å². The topological polar surface area (TPSA) is 112 Å². The summed E-state index contributed by atoms with van der Waals surface area (Å²) in [5.74, 6) is 0.402. The minimum Gasteiger partial charge on any atom is -0.258 e. The van der Waals surface area contributed by atoms with E-state index in [-0.39, 0.29) is 11.4 Å². The predicted octanol–water partition coefficient (Wildman–Crippen LogP) is 5.29. The van der Waals surface area contributed by atoms with E-state index in [2.05, 4.69) is 9.97 Å². The van der Waals surface area contributed by atoms with Crippen LogP contribution < -0.4 is 0 Å². The SMILES string of the molecule is O=[N+]([O-])c1ccc(-c2cc(-c3ccccc3)nc(-c3ccc([N+](=O)[O-])cc3)n2)cc1. The van der Waals surface area contributed by atoms with Crippen LogP contribution in [0.2, 0.25) is 0 Å². The van der Waals surface area contributed by atoms with E-state index in [0.717, 1.165) is 5.56 Å². The van der Waals surface area contributed by atoms with Crippen LogP contribution in [-0.2, 0) is 0 Å². The molecule has 0 aliphatic carbocycles. The summed E-state index contributed by atoms with van der Waals surface area (Å²) in [6, 6.07) is 23.5. The molecule has 8 heteroatoms. The van der Waals surface area contributed by atoms with Crippen molar-refractivity contribution in [2.75, 3.05) is 0 Å². The van der Waals surface area contributed by atoms with Gasteiger partial charge in [0, 0.05) is 41.0 Å². The monoisotopic (exact) mass is 398 g/mol. The molecule has 0 spiro atoms. The number of nitrogens with zero attached hydrogens (tertiary/aromatic N) is 4. The molecule has 0 radical (unpaired) electrons. The normalized spacial score (nSPS) is 10.5. The molecule has 0 fully saturated rings. The van der Waals surface area contributed by atoms with Crippen LogP contribution in [0, 0.1) is 20.2 Å². The van der Waals surface area contributed by atoms with Gasteiger partial charge in [0.05, 0.1) is 21.2 Å². The van der Waals surface area contributed by atoms with Crippen molar-refractivity contribution in [1.29, 1.82) is 0 Å². The molecule has 4 aromatic rings. The Kier molecular flexibility index (Phi) is 4.96. The quantitative estimate of drug-likeness (QED) is 0.333. The summed E-state index contributed by atoms with van der Waals surface area (Å²) in [4.78, 5) is 30.2. The maximum absolute atomic E-state index is 10.9. The number of nitro benzene ring substituents is 2. The van der Waals surface area contributed by atoms with Gasteiger partial charge in [-0.05, 0) is 30.3 Å². The van der Waals surface area contributed by atoms with Crippen molar-refractivity contribution in [2.24, 2.45) is 0 Å². The largest absolute Gasteiger partial charge is 0.269 e. The van der Waals surface area contributed by atoms with Crippen LogP contribution in [0.1, 0.15) is 0 Å². The molecule has 0 saturated heterocycles. The Hall–Kier alpha value is -4.46. The molecule has 1 aromatic heterocycles.